The van der Waals surface area contributed by atoms with Crippen molar-refractivity contribution in [3.05, 3.63) is 10.2 Å². The van der Waals surface area contributed by atoms with Crippen molar-refractivity contribution in [1.29, 1.82) is 0 Å². The van der Waals surface area contributed by atoms with E-state index in [1.165, 1.54) is 0 Å². The fourth-order valence-corrected chi connectivity index (χ4v) is 1.24. The lowest BCUT2D eigenvalue weighted by molar-refractivity contribution is 0.431. The molecule has 0 aliphatic carbocycles. The number of nitrogen functional groups attached to an aromatic ring is 1. The quantitative estimate of drug-likeness (QED) is 0.802. The maximum Gasteiger partial charge on any atom is 0.226 e. The van der Waals surface area contributed by atoms with Crippen LogP contribution >= 0.6 is 15.9 Å². The van der Waals surface area contributed by atoms with Crippen LogP contribution in [0.4, 0.5) is 5.88 Å². The summed E-state index contributed by atoms with van der Waals surface area (Å²) in [5.74, 6) is 0.425. The summed E-state index contributed by atoms with van der Waals surface area (Å²) in [6, 6.07) is 0. The molecule has 4 heteroatoms. The molecule has 0 aliphatic heterocycles. The third-order valence-corrected chi connectivity index (χ3v) is 1.89. The Kier molecular flexibility index (Phi) is 2.32. The number of nitrogens with two attached hydrogens (primary N) is 1. The summed E-state index contributed by atoms with van der Waals surface area (Å²) in [6.07, 6.45) is 1.96. The molecule has 0 saturated heterocycles. The van der Waals surface area contributed by atoms with E-state index in [9.17, 15) is 0 Å². The van der Waals surface area contributed by atoms with E-state index in [4.69, 9.17) is 10.3 Å². The molecule has 1 aromatic heterocycles. The first-order valence-electron chi connectivity index (χ1n) is 3.15. The van der Waals surface area contributed by atoms with Crippen molar-refractivity contribution in [3.63, 3.8) is 0 Å². The van der Waals surface area contributed by atoms with Crippen molar-refractivity contribution in [2.45, 2.75) is 19.8 Å². The Morgan fingerprint density at radius 1 is 1.70 bits per heavy atom. The predicted molar refractivity (Wildman–Crippen MR) is 42.6 cm³/mol. The summed E-state index contributed by atoms with van der Waals surface area (Å²) < 4.78 is 5.46. The summed E-state index contributed by atoms with van der Waals surface area (Å²) in [6.45, 7) is 2.08. The molecule has 0 atom stereocenters. The third-order valence-electron chi connectivity index (χ3n) is 1.27. The fourth-order valence-electron chi connectivity index (χ4n) is 0.777. The maximum atomic E-state index is 5.47. The molecule has 0 radical (unpaired) electrons. The van der Waals surface area contributed by atoms with E-state index in [0.29, 0.717) is 5.88 Å². The number of anilines is 1. The summed E-state index contributed by atoms with van der Waals surface area (Å²) >= 11 is 3.23. The van der Waals surface area contributed by atoms with Crippen LogP contribution in [0.5, 0.6) is 0 Å². The normalized spacial score (nSPS) is 10.2. The second-order valence-electron chi connectivity index (χ2n) is 2.07. The molecule has 1 rings (SSSR count). The molecule has 0 spiro atoms. The van der Waals surface area contributed by atoms with Crippen molar-refractivity contribution in [2.24, 2.45) is 0 Å². The Hall–Kier alpha value is -0.510. The number of hydrogen-bond donors (Lipinski definition) is 1. The van der Waals surface area contributed by atoms with E-state index in [-0.39, 0.29) is 0 Å². The summed E-state index contributed by atoms with van der Waals surface area (Å²) in [5, 5.41) is 3.65. The standard InChI is InChI=1S/C6H9BrN2O/c1-2-3-4-5(7)9-10-6(4)8/h2-3,8H2,1H3. The van der Waals surface area contributed by atoms with Gasteiger partial charge in [-0.25, -0.2) is 0 Å². The Labute approximate surface area is 67.7 Å². The minimum absolute atomic E-state index is 0.425. The Bertz CT molecular complexity index is 202. The van der Waals surface area contributed by atoms with Crippen molar-refractivity contribution < 1.29 is 4.52 Å². The molecule has 0 bridgehead atoms. The number of aromatic nitrogens is 1. The van der Waals surface area contributed by atoms with Gasteiger partial charge in [-0.3, -0.25) is 0 Å². The highest BCUT2D eigenvalue weighted by Crippen LogP contribution is 2.22. The van der Waals surface area contributed by atoms with Gasteiger partial charge in [-0.15, -0.1) is 0 Å². The zero-order valence-corrected chi connectivity index (χ0v) is 7.31. The zero-order valence-electron chi connectivity index (χ0n) is 5.72. The molecule has 0 aromatic carbocycles. The van der Waals surface area contributed by atoms with Gasteiger partial charge in [0.05, 0.1) is 5.56 Å². The highest BCUT2D eigenvalue weighted by Gasteiger charge is 2.08. The van der Waals surface area contributed by atoms with Crippen LogP contribution < -0.4 is 5.73 Å². The van der Waals surface area contributed by atoms with E-state index in [2.05, 4.69) is 28.0 Å². The molecule has 0 fully saturated rings. The van der Waals surface area contributed by atoms with Gasteiger partial charge in [0, 0.05) is 0 Å². The molecule has 10 heavy (non-hydrogen) atoms. The molecular weight excluding hydrogens is 196 g/mol. The van der Waals surface area contributed by atoms with E-state index in [1.807, 2.05) is 0 Å². The highest BCUT2D eigenvalue weighted by atomic mass is 79.9. The van der Waals surface area contributed by atoms with Crippen molar-refractivity contribution >= 4 is 21.8 Å². The van der Waals surface area contributed by atoms with Gasteiger partial charge in [-0.1, -0.05) is 18.5 Å². The molecule has 2 N–H and O–H groups in total. The van der Waals surface area contributed by atoms with Crippen molar-refractivity contribution in [3.8, 4) is 0 Å². The first kappa shape index (κ1) is 7.60. The number of rotatable bonds is 2. The molecule has 1 heterocycles. The van der Waals surface area contributed by atoms with Crippen LogP contribution in [0.3, 0.4) is 0 Å². The molecule has 56 valence electrons. The summed E-state index contributed by atoms with van der Waals surface area (Å²) in [7, 11) is 0. The minimum Gasteiger partial charge on any atom is -0.367 e. The van der Waals surface area contributed by atoms with Gasteiger partial charge in [0.25, 0.3) is 0 Å². The molecule has 0 saturated carbocycles. The van der Waals surface area contributed by atoms with Gasteiger partial charge in [-0.05, 0) is 22.4 Å². The lowest BCUT2D eigenvalue weighted by Gasteiger charge is -1.91. The van der Waals surface area contributed by atoms with E-state index in [1.54, 1.807) is 0 Å². The van der Waals surface area contributed by atoms with Crippen LogP contribution in [-0.4, -0.2) is 5.16 Å². The summed E-state index contributed by atoms with van der Waals surface area (Å²) in [5.41, 5.74) is 6.44. The average molecular weight is 205 g/mol. The predicted octanol–water partition coefficient (Wildman–Crippen LogP) is 1.97. The molecule has 3 nitrogen and oxygen atoms in total. The average Bonchev–Trinajstić information content (AvgIpc) is 2.20. The van der Waals surface area contributed by atoms with E-state index < -0.39 is 0 Å². The third kappa shape index (κ3) is 1.31. The topological polar surface area (TPSA) is 52.0 Å². The van der Waals surface area contributed by atoms with Gasteiger partial charge in [-0.2, -0.15) is 0 Å². The first-order chi connectivity index (χ1) is 4.75. The SMILES string of the molecule is CCCc1c(Br)noc1N. The Balaban J connectivity index is 2.87. The lowest BCUT2D eigenvalue weighted by atomic mass is 10.2. The Morgan fingerprint density at radius 2 is 2.40 bits per heavy atom. The fraction of sp³-hybridized carbons (Fsp3) is 0.500. The van der Waals surface area contributed by atoms with Crippen LogP contribution in [0.15, 0.2) is 9.13 Å². The van der Waals surface area contributed by atoms with Gasteiger partial charge in [0.1, 0.15) is 0 Å². The number of halogens is 1. The first-order valence-corrected chi connectivity index (χ1v) is 3.94. The summed E-state index contributed by atoms with van der Waals surface area (Å²) in [4.78, 5) is 0. The Morgan fingerprint density at radius 3 is 2.80 bits per heavy atom. The lowest BCUT2D eigenvalue weighted by Crippen LogP contribution is -1.88. The van der Waals surface area contributed by atoms with Crippen LogP contribution in [0.1, 0.15) is 18.9 Å². The number of hydrogen-bond acceptors (Lipinski definition) is 3. The highest BCUT2D eigenvalue weighted by molar-refractivity contribution is 9.10. The maximum absolute atomic E-state index is 5.47. The van der Waals surface area contributed by atoms with E-state index >= 15 is 0 Å². The molecule has 0 aliphatic rings. The van der Waals surface area contributed by atoms with Crippen LogP contribution in [0.25, 0.3) is 0 Å². The molecule has 0 amide bonds. The van der Waals surface area contributed by atoms with Gasteiger partial charge in [0.2, 0.25) is 5.88 Å². The molecule has 0 unspecified atom stereocenters. The second-order valence-corrected chi connectivity index (χ2v) is 2.82. The molecule has 1 aromatic rings. The molecular formula is C6H9BrN2O. The van der Waals surface area contributed by atoms with Crippen molar-refractivity contribution in [1.82, 2.24) is 5.16 Å². The van der Waals surface area contributed by atoms with Gasteiger partial charge < -0.3 is 10.3 Å². The monoisotopic (exact) mass is 204 g/mol. The smallest absolute Gasteiger partial charge is 0.226 e. The second kappa shape index (κ2) is 3.05. The number of nitrogens with zero attached hydrogens (tertiary/aromatic N) is 1. The minimum atomic E-state index is 0.425. The van der Waals surface area contributed by atoms with E-state index in [0.717, 1.165) is 23.0 Å². The van der Waals surface area contributed by atoms with Crippen molar-refractivity contribution in [2.75, 3.05) is 5.73 Å². The zero-order chi connectivity index (χ0) is 7.56. The van der Waals surface area contributed by atoms with Gasteiger partial charge in [0.15, 0.2) is 4.60 Å². The van der Waals surface area contributed by atoms with Crippen LogP contribution in [0, 0.1) is 0 Å². The van der Waals surface area contributed by atoms with Crippen LogP contribution in [0.2, 0.25) is 0 Å². The largest absolute Gasteiger partial charge is 0.367 e. The van der Waals surface area contributed by atoms with Gasteiger partial charge >= 0.3 is 0 Å². The van der Waals surface area contributed by atoms with Crippen LogP contribution in [-0.2, 0) is 6.42 Å².